The van der Waals surface area contributed by atoms with Gasteiger partial charge in [0, 0.05) is 14.7 Å². The lowest BCUT2D eigenvalue weighted by Crippen LogP contribution is -1.91. The lowest BCUT2D eigenvalue weighted by atomic mass is 10.1. The first-order valence-corrected chi connectivity index (χ1v) is 9.04. The second-order valence-electron chi connectivity index (χ2n) is 4.84. The molecule has 3 aromatic carbocycles. The summed E-state index contributed by atoms with van der Waals surface area (Å²) < 4.78 is 0. The smallest absolute Gasteiger partial charge is 0.0196 e. The van der Waals surface area contributed by atoms with Gasteiger partial charge in [-0.3, -0.25) is 0 Å². The van der Waals surface area contributed by atoms with Crippen LogP contribution in [-0.2, 0) is 0 Å². The van der Waals surface area contributed by atoms with Gasteiger partial charge in [-0.2, -0.15) is 0 Å². The van der Waals surface area contributed by atoms with Crippen LogP contribution in [0.25, 0.3) is 11.1 Å². The molecule has 0 saturated heterocycles. The zero-order valence-electron chi connectivity index (χ0n) is 10.8. The van der Waals surface area contributed by atoms with Crippen molar-refractivity contribution in [2.45, 2.75) is 14.7 Å². The van der Waals surface area contributed by atoms with Crippen LogP contribution in [0.3, 0.4) is 0 Å². The van der Waals surface area contributed by atoms with Crippen LogP contribution in [0.5, 0.6) is 0 Å². The van der Waals surface area contributed by atoms with Gasteiger partial charge < -0.3 is 0 Å². The van der Waals surface area contributed by atoms with Crippen LogP contribution < -0.4 is 0 Å². The van der Waals surface area contributed by atoms with Gasteiger partial charge in [-0.25, -0.2) is 0 Å². The van der Waals surface area contributed by atoms with Crippen LogP contribution in [-0.4, -0.2) is 0 Å². The van der Waals surface area contributed by atoms with E-state index in [9.17, 15) is 0 Å². The van der Waals surface area contributed by atoms with Gasteiger partial charge in [-0.1, -0.05) is 74.5 Å². The van der Waals surface area contributed by atoms with Crippen LogP contribution in [0.1, 0.15) is 0 Å². The van der Waals surface area contributed by atoms with Crippen molar-refractivity contribution < 1.29 is 0 Å². The van der Waals surface area contributed by atoms with E-state index in [1.807, 2.05) is 6.07 Å². The van der Waals surface area contributed by atoms with Crippen molar-refractivity contribution in [3.8, 4) is 11.1 Å². The Balaban J connectivity index is 2.10. The molecule has 20 heavy (non-hydrogen) atoms. The molecule has 0 bridgehead atoms. The predicted octanol–water partition coefficient (Wildman–Crippen LogP) is 6.10. The fraction of sp³-hybridized carbons (Fsp3) is 0. The second kappa shape index (κ2) is 4.41. The standard InChI is InChI=1S/C18H13ClS/c19-20(14-8-2-1-3-9-14)17-12-6-4-10-15(17)16-11-5-7-13-18(16)20/h1-13H. The van der Waals surface area contributed by atoms with Crippen molar-refractivity contribution in [2.24, 2.45) is 0 Å². The topological polar surface area (TPSA) is 0 Å². The number of fused-ring (bicyclic) bond motifs is 3. The average Bonchev–Trinajstić information content (AvgIpc) is 2.80. The molecule has 0 aromatic heterocycles. The zero-order valence-corrected chi connectivity index (χ0v) is 12.4. The Morgan fingerprint density at radius 1 is 0.550 bits per heavy atom. The molecule has 0 N–H and O–H groups in total. The van der Waals surface area contributed by atoms with Crippen molar-refractivity contribution in [1.29, 1.82) is 0 Å². The third kappa shape index (κ3) is 1.51. The molecule has 1 aliphatic heterocycles. The van der Waals surface area contributed by atoms with E-state index >= 15 is 0 Å². The maximum Gasteiger partial charge on any atom is 0.0196 e. The second-order valence-corrected chi connectivity index (χ2v) is 8.66. The van der Waals surface area contributed by atoms with Crippen molar-refractivity contribution in [1.82, 2.24) is 0 Å². The Morgan fingerprint density at radius 3 is 1.55 bits per heavy atom. The highest BCUT2D eigenvalue weighted by molar-refractivity contribution is 8.51. The largest absolute Gasteiger partial charge is 0.0798 e. The molecule has 4 rings (SSSR count). The van der Waals surface area contributed by atoms with Crippen LogP contribution in [0, 0.1) is 0 Å². The Hall–Kier alpha value is -1.70. The molecule has 2 heteroatoms. The maximum absolute atomic E-state index is 7.24. The predicted molar refractivity (Wildman–Crippen MR) is 86.6 cm³/mol. The summed E-state index contributed by atoms with van der Waals surface area (Å²) in [6.07, 6.45) is 0. The maximum atomic E-state index is 7.24. The molecule has 0 nitrogen and oxygen atoms in total. The molecule has 0 spiro atoms. The Labute approximate surface area is 124 Å². The lowest BCUT2D eigenvalue weighted by Gasteiger charge is -2.30. The third-order valence-electron chi connectivity index (χ3n) is 3.74. The van der Waals surface area contributed by atoms with Gasteiger partial charge >= 0.3 is 0 Å². The molecule has 0 radical (unpaired) electrons. The van der Waals surface area contributed by atoms with E-state index in [2.05, 4.69) is 72.8 Å². The van der Waals surface area contributed by atoms with Crippen molar-refractivity contribution >= 4 is 19.9 Å². The lowest BCUT2D eigenvalue weighted by molar-refractivity contribution is 1.39. The normalized spacial score (nSPS) is 16.2. The molecule has 1 heterocycles. The number of hydrogen-bond donors (Lipinski definition) is 0. The first kappa shape index (κ1) is 12.1. The minimum absolute atomic E-state index is 1.21. The summed E-state index contributed by atoms with van der Waals surface area (Å²) in [5, 5.41) is 0. The number of hydrogen-bond acceptors (Lipinski definition) is 0. The first-order valence-electron chi connectivity index (χ1n) is 6.58. The summed E-state index contributed by atoms with van der Waals surface area (Å²) in [5.74, 6) is 0. The monoisotopic (exact) mass is 296 g/mol. The average molecular weight is 297 g/mol. The molecule has 1 aliphatic rings. The summed E-state index contributed by atoms with van der Waals surface area (Å²) in [6, 6.07) is 27.5. The Bertz CT molecular complexity index is 735. The van der Waals surface area contributed by atoms with E-state index in [0.717, 1.165) is 0 Å². The quantitative estimate of drug-likeness (QED) is 0.509. The van der Waals surface area contributed by atoms with E-state index in [1.165, 1.54) is 25.8 Å². The number of halogens is 1. The number of rotatable bonds is 1. The summed E-state index contributed by atoms with van der Waals surface area (Å²) in [4.78, 5) is 3.72. The van der Waals surface area contributed by atoms with Gasteiger partial charge in [0.05, 0.1) is 0 Å². The van der Waals surface area contributed by atoms with Crippen LogP contribution in [0.15, 0.2) is 93.5 Å². The van der Waals surface area contributed by atoms with Gasteiger partial charge in [-0.05, 0) is 35.4 Å². The fourth-order valence-corrected chi connectivity index (χ4v) is 6.74. The van der Waals surface area contributed by atoms with Crippen LogP contribution >= 0.6 is 19.9 Å². The molecule has 3 aromatic rings. The molecule has 0 fully saturated rings. The Kier molecular flexibility index (Phi) is 2.66. The van der Waals surface area contributed by atoms with E-state index in [4.69, 9.17) is 10.7 Å². The third-order valence-corrected chi connectivity index (χ3v) is 8.12. The minimum Gasteiger partial charge on any atom is -0.0798 e. The highest BCUT2D eigenvalue weighted by Crippen LogP contribution is 2.78. The van der Waals surface area contributed by atoms with Crippen molar-refractivity contribution in [3.05, 3.63) is 78.9 Å². The molecule has 0 atom stereocenters. The van der Waals surface area contributed by atoms with Gasteiger partial charge in [0.25, 0.3) is 0 Å². The summed E-state index contributed by atoms with van der Waals surface area (Å²) in [5.41, 5.74) is 2.55. The molecule has 0 aliphatic carbocycles. The summed E-state index contributed by atoms with van der Waals surface area (Å²) in [6.45, 7) is 0. The van der Waals surface area contributed by atoms with Crippen molar-refractivity contribution in [3.63, 3.8) is 0 Å². The molecule has 0 unspecified atom stereocenters. The van der Waals surface area contributed by atoms with E-state index in [0.29, 0.717) is 0 Å². The zero-order chi connectivity index (χ0) is 13.6. The Morgan fingerprint density at radius 2 is 1.00 bits per heavy atom. The van der Waals surface area contributed by atoms with Crippen LogP contribution in [0.2, 0.25) is 0 Å². The van der Waals surface area contributed by atoms with Crippen molar-refractivity contribution in [2.75, 3.05) is 0 Å². The van der Waals surface area contributed by atoms with E-state index in [-0.39, 0.29) is 0 Å². The first-order chi connectivity index (χ1) is 9.82. The molecular formula is C18H13ClS. The van der Waals surface area contributed by atoms with Gasteiger partial charge in [0.1, 0.15) is 0 Å². The molecule has 0 amide bonds. The summed E-state index contributed by atoms with van der Waals surface area (Å²) >= 11 is 0. The van der Waals surface area contributed by atoms with E-state index < -0.39 is 9.24 Å². The highest BCUT2D eigenvalue weighted by atomic mass is 35.7. The number of benzene rings is 3. The van der Waals surface area contributed by atoms with Gasteiger partial charge in [0.15, 0.2) is 0 Å². The molecule has 0 saturated carbocycles. The van der Waals surface area contributed by atoms with Crippen LogP contribution in [0.4, 0.5) is 0 Å². The van der Waals surface area contributed by atoms with Gasteiger partial charge in [-0.15, -0.1) is 0 Å². The highest BCUT2D eigenvalue weighted by Gasteiger charge is 2.38. The SMILES string of the molecule is ClS1(c2ccccc2)c2ccccc2-c2ccccc21. The molecular weight excluding hydrogens is 284 g/mol. The fourth-order valence-electron chi connectivity index (χ4n) is 2.85. The molecule has 98 valence electrons. The minimum atomic E-state index is -1.63. The summed E-state index contributed by atoms with van der Waals surface area (Å²) in [7, 11) is 5.61. The van der Waals surface area contributed by atoms with E-state index in [1.54, 1.807) is 0 Å². The van der Waals surface area contributed by atoms with Gasteiger partial charge in [0.2, 0.25) is 0 Å².